The number of imidazole rings is 2. The summed E-state index contributed by atoms with van der Waals surface area (Å²) in [5.74, 6) is 0.0564. The fourth-order valence-corrected chi connectivity index (χ4v) is 7.62. The van der Waals surface area contributed by atoms with E-state index in [2.05, 4.69) is 24.9 Å². The van der Waals surface area contributed by atoms with Crippen LogP contribution in [0.2, 0.25) is 0 Å². The van der Waals surface area contributed by atoms with Crippen LogP contribution in [0, 0.1) is 0 Å². The van der Waals surface area contributed by atoms with Crippen molar-refractivity contribution in [3.05, 3.63) is 31.2 Å². The molecule has 7 heterocycles. The first kappa shape index (κ1) is 29.9. The zero-order valence-corrected chi connectivity index (χ0v) is 24.7. The summed E-state index contributed by atoms with van der Waals surface area (Å²) in [5.41, 5.74) is 12.9. The van der Waals surface area contributed by atoms with Gasteiger partial charge in [-0.3, -0.25) is 18.2 Å². The first-order chi connectivity index (χ1) is 20.9. The molecule has 0 aromatic carbocycles. The average Bonchev–Trinajstić information content (AvgIpc) is 3.73. The Morgan fingerprint density at radius 2 is 1.64 bits per heavy atom. The number of hydrogen-bond acceptors (Lipinski definition) is 17. The molecule has 44 heavy (non-hydrogen) atoms. The van der Waals surface area contributed by atoms with E-state index in [1.54, 1.807) is 0 Å². The number of aromatic nitrogens is 7. The summed E-state index contributed by atoms with van der Waals surface area (Å²) in [6, 6.07) is 1.51. The third-order valence-corrected chi connectivity index (χ3v) is 9.84. The molecular weight excluding hydrogens is 651 g/mol. The van der Waals surface area contributed by atoms with Gasteiger partial charge in [-0.25, -0.2) is 33.9 Å². The number of ether oxygens (including phenoxy) is 2. The lowest BCUT2D eigenvalue weighted by atomic mass is 10.1. The molecular formula is C21H23FN9O10P2S-. The molecule has 23 heteroatoms. The second-order valence-corrected chi connectivity index (χ2v) is 14.1. The van der Waals surface area contributed by atoms with Crippen LogP contribution in [0.3, 0.4) is 0 Å². The SMILES string of the molecule is Nc1ncnc2c1ncn2[C@@H]1O[C@@H]2COP(=O)(O)OC3[C@@H](COP([O-])(=S)OC1[C@H]2O)O[C@@H](n1cnc2c(N)ccnc21)[C@H]3F. The molecule has 0 spiro atoms. The molecule has 4 aromatic rings. The molecule has 3 fully saturated rings. The summed E-state index contributed by atoms with van der Waals surface area (Å²) in [6.45, 7) is -5.96. The summed E-state index contributed by atoms with van der Waals surface area (Å²) in [6.07, 6.45) is -7.55. The van der Waals surface area contributed by atoms with Crippen molar-refractivity contribution in [3.63, 3.8) is 0 Å². The van der Waals surface area contributed by atoms with E-state index in [1.807, 2.05) is 0 Å². The Balaban J connectivity index is 1.20. The van der Waals surface area contributed by atoms with E-state index >= 15 is 4.39 Å². The standard InChI is InChI=1S/C21H24FN9O10P2S/c22-11-15-10(39-20(11)30-6-28-12-8(23)1-2-25-18(12)30)4-37-43(35,44)41-16-14(32)9(3-36-42(33,34)40-15)38-21(16)31-7-29-13-17(24)26-5-27-19(13)31/h1-2,5-7,9-11,14-16,20-21,32H,3-4H2,(H2,23,25)(H,33,34)(H,35,44)(H2,24,26,27)/p-1/t9-,10-,11+,14+,15?,16?,20-,21-,43?/m1/s1. The van der Waals surface area contributed by atoms with Gasteiger partial charge < -0.3 is 44.9 Å². The van der Waals surface area contributed by atoms with Crippen LogP contribution in [-0.2, 0) is 43.9 Å². The van der Waals surface area contributed by atoms with E-state index in [9.17, 15) is 19.5 Å². The van der Waals surface area contributed by atoms with Crippen LogP contribution in [0.15, 0.2) is 31.2 Å². The Morgan fingerprint density at radius 1 is 0.955 bits per heavy atom. The molecule has 4 unspecified atom stereocenters. The van der Waals surface area contributed by atoms with Crippen LogP contribution >= 0.6 is 14.5 Å². The van der Waals surface area contributed by atoms with Crippen LogP contribution in [-0.4, -0.2) is 94.0 Å². The summed E-state index contributed by atoms with van der Waals surface area (Å²) < 4.78 is 64.5. The zero-order chi connectivity index (χ0) is 31.0. The number of pyridine rings is 1. The third kappa shape index (κ3) is 5.17. The molecule has 7 rings (SSSR count). The number of rotatable bonds is 2. The number of halogens is 1. The highest BCUT2D eigenvalue weighted by Crippen LogP contribution is 2.53. The number of anilines is 2. The van der Waals surface area contributed by atoms with Crippen molar-refractivity contribution in [2.75, 3.05) is 24.7 Å². The van der Waals surface area contributed by atoms with Crippen LogP contribution < -0.4 is 16.4 Å². The van der Waals surface area contributed by atoms with Crippen molar-refractivity contribution in [1.29, 1.82) is 0 Å². The van der Waals surface area contributed by atoms with Crippen LogP contribution in [0.25, 0.3) is 22.3 Å². The predicted octanol–water partition coefficient (Wildman–Crippen LogP) is -0.568. The van der Waals surface area contributed by atoms with Crippen molar-refractivity contribution in [2.45, 2.75) is 49.1 Å². The zero-order valence-electron chi connectivity index (χ0n) is 22.0. The maximum Gasteiger partial charge on any atom is 0.472 e. The van der Waals surface area contributed by atoms with Crippen LogP contribution in [0.5, 0.6) is 0 Å². The van der Waals surface area contributed by atoms with Gasteiger partial charge in [0.2, 0.25) is 0 Å². The van der Waals surface area contributed by atoms with Gasteiger partial charge in [-0.05, 0) is 6.07 Å². The van der Waals surface area contributed by atoms with E-state index < -0.39 is 76.9 Å². The van der Waals surface area contributed by atoms with Crippen molar-refractivity contribution in [3.8, 4) is 0 Å². The topological polar surface area (TPSA) is 262 Å². The van der Waals surface area contributed by atoms with Crippen LogP contribution in [0.1, 0.15) is 12.5 Å². The van der Waals surface area contributed by atoms with E-state index in [-0.39, 0.29) is 33.8 Å². The van der Waals surface area contributed by atoms with Gasteiger partial charge in [-0.15, -0.1) is 0 Å². The Kier molecular flexibility index (Phi) is 7.43. The summed E-state index contributed by atoms with van der Waals surface area (Å²) in [5, 5.41) is 11.0. The molecule has 10 atom stereocenters. The summed E-state index contributed by atoms with van der Waals surface area (Å²) in [4.78, 5) is 44.4. The molecule has 3 aliphatic rings. The van der Waals surface area contributed by atoms with Crippen LogP contribution in [0.4, 0.5) is 15.9 Å². The Labute approximate surface area is 250 Å². The summed E-state index contributed by atoms with van der Waals surface area (Å²) in [7, 11) is -5.05. The van der Waals surface area contributed by atoms with Crippen molar-refractivity contribution >= 4 is 60.2 Å². The largest absolute Gasteiger partial charge is 0.780 e. The number of alkyl halides is 1. The Morgan fingerprint density at radius 3 is 2.43 bits per heavy atom. The highest BCUT2D eigenvalue weighted by molar-refractivity contribution is 8.06. The summed E-state index contributed by atoms with van der Waals surface area (Å²) >= 11 is 5.10. The molecule has 0 aliphatic carbocycles. The van der Waals surface area contributed by atoms with Gasteiger partial charge in [0, 0.05) is 6.20 Å². The van der Waals surface area contributed by atoms with Crippen molar-refractivity contribution in [1.82, 2.24) is 34.1 Å². The van der Waals surface area contributed by atoms with Crippen molar-refractivity contribution < 1.29 is 51.4 Å². The molecule has 0 amide bonds. The number of nitrogen functional groups attached to an aromatic ring is 2. The van der Waals surface area contributed by atoms with Gasteiger partial charge in [0.15, 0.2) is 35.7 Å². The number of phosphoric ester groups is 1. The quantitative estimate of drug-likeness (QED) is 0.194. The number of fused-ring (bicyclic) bond motifs is 5. The maximum absolute atomic E-state index is 15.9. The smallest absolute Gasteiger partial charge is 0.472 e. The lowest BCUT2D eigenvalue weighted by molar-refractivity contribution is -0.218. The van der Waals surface area contributed by atoms with E-state index in [0.29, 0.717) is 0 Å². The maximum atomic E-state index is 15.9. The number of phosphoric acid groups is 1. The van der Waals surface area contributed by atoms with Gasteiger partial charge in [-0.1, -0.05) is 11.8 Å². The molecule has 3 saturated heterocycles. The number of aliphatic hydroxyl groups is 1. The van der Waals surface area contributed by atoms with E-state index in [0.717, 1.165) is 0 Å². The highest BCUT2D eigenvalue weighted by atomic mass is 32.5. The number of nitrogens with zero attached hydrogens (tertiary/aromatic N) is 7. The first-order valence-corrected chi connectivity index (χ1v) is 16.9. The van der Waals surface area contributed by atoms with Crippen molar-refractivity contribution in [2.24, 2.45) is 0 Å². The molecule has 236 valence electrons. The van der Waals surface area contributed by atoms with Gasteiger partial charge in [0.05, 0.1) is 31.6 Å². The van der Waals surface area contributed by atoms with Gasteiger partial charge in [-0.2, -0.15) is 0 Å². The minimum absolute atomic E-state index is 0.0564. The fourth-order valence-electron chi connectivity index (χ4n) is 5.26. The monoisotopic (exact) mass is 674 g/mol. The molecule has 0 saturated carbocycles. The first-order valence-electron chi connectivity index (χ1n) is 12.9. The second kappa shape index (κ2) is 10.9. The average molecular weight is 674 g/mol. The minimum Gasteiger partial charge on any atom is -0.780 e. The minimum atomic E-state index is -5.05. The normalized spacial score (nSPS) is 38.3. The molecule has 19 nitrogen and oxygen atoms in total. The Bertz CT molecular complexity index is 1830. The molecule has 2 bridgehead atoms. The van der Waals surface area contributed by atoms with Gasteiger partial charge in [0.1, 0.15) is 54.6 Å². The number of nitrogens with two attached hydrogens (primary N) is 2. The highest BCUT2D eigenvalue weighted by Gasteiger charge is 2.53. The third-order valence-electron chi connectivity index (χ3n) is 7.31. The molecule has 3 aliphatic heterocycles. The van der Waals surface area contributed by atoms with E-state index in [4.69, 9.17) is 50.8 Å². The van der Waals surface area contributed by atoms with Gasteiger partial charge >= 0.3 is 7.82 Å². The number of aliphatic hydroxyl groups excluding tert-OH is 1. The molecule has 6 N–H and O–H groups in total. The lowest BCUT2D eigenvalue weighted by Gasteiger charge is -2.34. The molecule has 0 radical (unpaired) electrons. The molecule has 4 aromatic heterocycles. The number of hydrogen-bond donors (Lipinski definition) is 4. The Hall–Kier alpha value is -2.78. The van der Waals surface area contributed by atoms with Gasteiger partial charge in [0.25, 0.3) is 0 Å². The fraction of sp³-hybridized carbons (Fsp3) is 0.476. The second-order valence-electron chi connectivity index (χ2n) is 10.0. The lowest BCUT2D eigenvalue weighted by Crippen LogP contribution is -2.36. The van der Waals surface area contributed by atoms with E-state index in [1.165, 1.54) is 40.4 Å². The predicted molar refractivity (Wildman–Crippen MR) is 146 cm³/mol.